The predicted octanol–water partition coefficient (Wildman–Crippen LogP) is 3.29. The highest BCUT2D eigenvalue weighted by Crippen LogP contribution is 2.28. The summed E-state index contributed by atoms with van der Waals surface area (Å²) in [6.07, 6.45) is 0. The zero-order chi connectivity index (χ0) is 19.6. The fraction of sp³-hybridized carbons (Fsp3) is 0.316. The zero-order valence-corrected chi connectivity index (χ0v) is 16.2. The Bertz CT molecular complexity index is 961. The van der Waals surface area contributed by atoms with Crippen molar-refractivity contribution >= 4 is 33.4 Å². The van der Waals surface area contributed by atoms with Gasteiger partial charge in [0.1, 0.15) is 15.5 Å². The number of likely N-dealkylation sites (N-methyl/N-ethyl adjacent to an activating group) is 1. The first-order valence-electron chi connectivity index (χ1n) is 8.51. The summed E-state index contributed by atoms with van der Waals surface area (Å²) in [5, 5.41) is 5.20. The van der Waals surface area contributed by atoms with E-state index in [1.54, 1.807) is 22.9 Å². The molecule has 0 spiro atoms. The van der Waals surface area contributed by atoms with E-state index in [2.05, 4.69) is 5.10 Å². The van der Waals surface area contributed by atoms with Crippen LogP contribution in [0.3, 0.4) is 0 Å². The molecule has 0 bridgehead atoms. The van der Waals surface area contributed by atoms with Gasteiger partial charge in [0.15, 0.2) is 6.61 Å². The Morgan fingerprint density at radius 2 is 2.11 bits per heavy atom. The van der Waals surface area contributed by atoms with E-state index in [1.807, 2.05) is 20.9 Å². The molecule has 2 aromatic heterocycles. The molecule has 6 nitrogen and oxygen atoms in total. The van der Waals surface area contributed by atoms with Gasteiger partial charge in [0.05, 0.1) is 5.69 Å². The molecule has 142 valence electrons. The van der Waals surface area contributed by atoms with Crippen LogP contribution in [0, 0.1) is 12.7 Å². The molecular formula is C19H20FN3O3S. The first kappa shape index (κ1) is 19.0. The van der Waals surface area contributed by atoms with Crippen LogP contribution in [-0.2, 0) is 23.1 Å². The molecule has 3 aromatic rings. The highest BCUT2D eigenvalue weighted by Gasteiger charge is 2.19. The Balaban J connectivity index is 1.62. The van der Waals surface area contributed by atoms with E-state index in [4.69, 9.17) is 4.74 Å². The number of halogens is 1. The van der Waals surface area contributed by atoms with Gasteiger partial charge in [0.25, 0.3) is 5.91 Å². The summed E-state index contributed by atoms with van der Waals surface area (Å²) in [6.45, 7) is 4.03. The van der Waals surface area contributed by atoms with Crippen LogP contribution in [0.1, 0.15) is 27.9 Å². The standard InChI is InChI=1S/C19H20FN3O3S/c1-4-23(10-13-6-5-7-14(20)8-13)17(24)11-26-19(25)16-9-15-12(2)21-22(3)18(15)27-16/h5-9H,4,10-11H2,1-3H3. The van der Waals surface area contributed by atoms with Crippen LogP contribution in [-0.4, -0.2) is 39.7 Å². The molecule has 0 aliphatic rings. The SMILES string of the molecule is CCN(Cc1cccc(F)c1)C(=O)COC(=O)c1cc2c(C)nn(C)c2s1. The largest absolute Gasteiger partial charge is 0.451 e. The lowest BCUT2D eigenvalue weighted by Gasteiger charge is -2.20. The quantitative estimate of drug-likeness (QED) is 0.607. The summed E-state index contributed by atoms with van der Waals surface area (Å²) in [6, 6.07) is 7.82. The van der Waals surface area contributed by atoms with Crippen LogP contribution in [0.4, 0.5) is 4.39 Å². The number of ether oxygens (including phenoxy) is 1. The number of nitrogens with zero attached hydrogens (tertiary/aromatic N) is 3. The Hall–Kier alpha value is -2.74. The lowest BCUT2D eigenvalue weighted by molar-refractivity contribution is -0.134. The Labute approximate surface area is 160 Å². The summed E-state index contributed by atoms with van der Waals surface area (Å²) in [7, 11) is 1.82. The summed E-state index contributed by atoms with van der Waals surface area (Å²) in [5.74, 6) is -1.21. The summed E-state index contributed by atoms with van der Waals surface area (Å²) in [4.78, 5) is 27.5. The van der Waals surface area contributed by atoms with E-state index in [9.17, 15) is 14.0 Å². The number of aryl methyl sites for hydroxylation is 2. The average Bonchev–Trinajstić information content (AvgIpc) is 3.19. The van der Waals surface area contributed by atoms with E-state index in [0.717, 1.165) is 15.9 Å². The molecule has 1 aromatic carbocycles. The van der Waals surface area contributed by atoms with Crippen molar-refractivity contribution < 1.29 is 18.7 Å². The fourth-order valence-corrected chi connectivity index (χ4v) is 3.84. The summed E-state index contributed by atoms with van der Waals surface area (Å²) in [5.41, 5.74) is 1.52. The molecule has 0 fully saturated rings. The molecule has 0 N–H and O–H groups in total. The van der Waals surface area contributed by atoms with Crippen molar-refractivity contribution in [2.75, 3.05) is 13.2 Å². The second-order valence-corrected chi connectivity index (χ2v) is 7.18. The number of thiophene rings is 1. The van der Waals surface area contributed by atoms with Gasteiger partial charge in [-0.1, -0.05) is 12.1 Å². The average molecular weight is 389 g/mol. The number of aromatic nitrogens is 2. The highest BCUT2D eigenvalue weighted by molar-refractivity contribution is 7.20. The third-order valence-corrected chi connectivity index (χ3v) is 5.40. The lowest BCUT2D eigenvalue weighted by atomic mass is 10.2. The van der Waals surface area contributed by atoms with Crippen molar-refractivity contribution in [3.05, 3.63) is 52.3 Å². The number of benzene rings is 1. The normalized spacial score (nSPS) is 11.0. The second kappa shape index (κ2) is 7.87. The van der Waals surface area contributed by atoms with Gasteiger partial charge in [-0.25, -0.2) is 9.18 Å². The van der Waals surface area contributed by atoms with Gasteiger partial charge in [-0.05, 0) is 37.6 Å². The molecular weight excluding hydrogens is 369 g/mol. The van der Waals surface area contributed by atoms with Crippen LogP contribution in [0.2, 0.25) is 0 Å². The van der Waals surface area contributed by atoms with Crippen molar-refractivity contribution in [1.29, 1.82) is 0 Å². The molecule has 3 rings (SSSR count). The highest BCUT2D eigenvalue weighted by atomic mass is 32.1. The van der Waals surface area contributed by atoms with Crippen molar-refractivity contribution in [1.82, 2.24) is 14.7 Å². The molecule has 0 atom stereocenters. The second-order valence-electron chi connectivity index (χ2n) is 6.15. The number of rotatable bonds is 6. The minimum atomic E-state index is -0.536. The van der Waals surface area contributed by atoms with Gasteiger partial charge in [-0.15, -0.1) is 11.3 Å². The topological polar surface area (TPSA) is 64.4 Å². The molecule has 0 saturated carbocycles. The number of carbonyl (C=O) groups excluding carboxylic acids is 2. The Morgan fingerprint density at radius 3 is 2.78 bits per heavy atom. The first-order chi connectivity index (χ1) is 12.9. The van der Waals surface area contributed by atoms with Crippen LogP contribution in [0.15, 0.2) is 30.3 Å². The maximum absolute atomic E-state index is 13.3. The van der Waals surface area contributed by atoms with E-state index in [1.165, 1.54) is 28.4 Å². The fourth-order valence-electron chi connectivity index (χ4n) is 2.83. The summed E-state index contributed by atoms with van der Waals surface area (Å²) < 4.78 is 20.2. The maximum atomic E-state index is 13.3. The molecule has 0 unspecified atom stereocenters. The first-order valence-corrected chi connectivity index (χ1v) is 9.33. The minimum absolute atomic E-state index is 0.262. The molecule has 27 heavy (non-hydrogen) atoms. The van der Waals surface area contributed by atoms with Crippen LogP contribution < -0.4 is 0 Å². The van der Waals surface area contributed by atoms with E-state index < -0.39 is 5.97 Å². The molecule has 0 radical (unpaired) electrons. The molecule has 0 aliphatic carbocycles. The van der Waals surface area contributed by atoms with Crippen molar-refractivity contribution in [2.45, 2.75) is 20.4 Å². The minimum Gasteiger partial charge on any atom is -0.451 e. The zero-order valence-electron chi connectivity index (χ0n) is 15.4. The summed E-state index contributed by atoms with van der Waals surface area (Å²) >= 11 is 1.28. The number of carbonyl (C=O) groups is 2. The van der Waals surface area contributed by atoms with Gasteiger partial charge in [-0.3, -0.25) is 9.48 Å². The van der Waals surface area contributed by atoms with Crippen molar-refractivity contribution in [2.24, 2.45) is 7.05 Å². The van der Waals surface area contributed by atoms with Crippen molar-refractivity contribution in [3.8, 4) is 0 Å². The van der Waals surface area contributed by atoms with Gasteiger partial charge < -0.3 is 9.64 Å². The molecule has 8 heteroatoms. The van der Waals surface area contributed by atoms with Crippen LogP contribution >= 0.6 is 11.3 Å². The van der Waals surface area contributed by atoms with E-state index >= 15 is 0 Å². The van der Waals surface area contributed by atoms with Crippen molar-refractivity contribution in [3.63, 3.8) is 0 Å². The van der Waals surface area contributed by atoms with Crippen LogP contribution in [0.5, 0.6) is 0 Å². The number of fused-ring (bicyclic) bond motifs is 1. The number of esters is 1. The third-order valence-electron chi connectivity index (χ3n) is 4.22. The van der Waals surface area contributed by atoms with E-state index in [-0.39, 0.29) is 24.9 Å². The number of hydrogen-bond donors (Lipinski definition) is 0. The third kappa shape index (κ3) is 4.16. The maximum Gasteiger partial charge on any atom is 0.348 e. The molecule has 1 amide bonds. The number of amides is 1. The smallest absolute Gasteiger partial charge is 0.348 e. The number of hydrogen-bond acceptors (Lipinski definition) is 5. The Morgan fingerprint density at radius 1 is 1.33 bits per heavy atom. The monoisotopic (exact) mass is 389 g/mol. The van der Waals surface area contributed by atoms with Gasteiger partial charge in [0.2, 0.25) is 0 Å². The van der Waals surface area contributed by atoms with Gasteiger partial charge in [0, 0.05) is 25.5 Å². The van der Waals surface area contributed by atoms with Crippen LogP contribution in [0.25, 0.3) is 10.2 Å². The van der Waals surface area contributed by atoms with Gasteiger partial charge in [-0.2, -0.15) is 5.10 Å². The molecule has 0 saturated heterocycles. The van der Waals surface area contributed by atoms with E-state index in [0.29, 0.717) is 17.0 Å². The predicted molar refractivity (Wildman–Crippen MR) is 101 cm³/mol. The molecule has 0 aliphatic heterocycles. The lowest BCUT2D eigenvalue weighted by Crippen LogP contribution is -2.34. The van der Waals surface area contributed by atoms with Gasteiger partial charge >= 0.3 is 5.97 Å². The molecule has 2 heterocycles. The Kier molecular flexibility index (Phi) is 5.55.